The van der Waals surface area contributed by atoms with Crippen LogP contribution in [0.1, 0.15) is 15.9 Å². The minimum absolute atomic E-state index is 0.180. The van der Waals surface area contributed by atoms with Crippen LogP contribution in [0.15, 0.2) is 73.1 Å². The Hall–Kier alpha value is -3.11. The molecule has 0 bridgehead atoms. The highest BCUT2D eigenvalue weighted by Crippen LogP contribution is 2.24. The van der Waals surface area contributed by atoms with Crippen LogP contribution in [0.5, 0.6) is 0 Å². The van der Waals surface area contributed by atoms with Gasteiger partial charge in [-0.25, -0.2) is 0 Å². The first kappa shape index (κ1) is 17.3. The van der Waals surface area contributed by atoms with Gasteiger partial charge in [0.15, 0.2) is 0 Å². The van der Waals surface area contributed by atoms with Gasteiger partial charge in [-0.15, -0.1) is 0 Å². The Morgan fingerprint density at radius 1 is 1.07 bits per heavy atom. The third-order valence-corrected chi connectivity index (χ3v) is 4.82. The number of rotatable bonds is 5. The van der Waals surface area contributed by atoms with E-state index in [0.29, 0.717) is 17.1 Å². The molecule has 4 rings (SSSR count). The Morgan fingerprint density at radius 3 is 2.85 bits per heavy atom. The lowest BCUT2D eigenvalue weighted by atomic mass is 10.1. The van der Waals surface area contributed by atoms with Crippen LogP contribution in [0, 0.1) is 0 Å². The van der Waals surface area contributed by atoms with Gasteiger partial charge in [-0.2, -0.15) is 0 Å². The van der Waals surface area contributed by atoms with E-state index in [2.05, 4.69) is 33.5 Å². The summed E-state index contributed by atoms with van der Waals surface area (Å²) in [6.07, 6.45) is 4.40. The molecule has 2 heterocycles. The van der Waals surface area contributed by atoms with Gasteiger partial charge in [0.1, 0.15) is 0 Å². The van der Waals surface area contributed by atoms with Gasteiger partial charge in [-0.1, -0.05) is 29.8 Å². The molecule has 0 saturated carbocycles. The molecule has 0 saturated heterocycles. The zero-order valence-electron chi connectivity index (χ0n) is 14.6. The predicted octanol–water partition coefficient (Wildman–Crippen LogP) is 4.86. The van der Waals surface area contributed by atoms with Crippen molar-refractivity contribution in [3.8, 4) is 11.3 Å². The summed E-state index contributed by atoms with van der Waals surface area (Å²) in [5.41, 5.74) is 4.42. The molecular formula is C22H18ClN3O. The van der Waals surface area contributed by atoms with Gasteiger partial charge in [0.05, 0.1) is 16.3 Å². The molecule has 0 atom stereocenters. The number of pyridine rings is 1. The third kappa shape index (κ3) is 3.86. The van der Waals surface area contributed by atoms with E-state index < -0.39 is 0 Å². The average Bonchev–Trinajstić information content (AvgIpc) is 3.17. The van der Waals surface area contributed by atoms with Crippen molar-refractivity contribution in [3.05, 3.63) is 89.2 Å². The molecule has 2 N–H and O–H groups in total. The number of H-pyrrole nitrogens is 1. The van der Waals surface area contributed by atoms with E-state index in [4.69, 9.17) is 11.6 Å². The Balaban J connectivity index is 1.44. The van der Waals surface area contributed by atoms with Crippen LogP contribution in [0.2, 0.25) is 5.02 Å². The fraction of sp³-hybridized carbons (Fsp3) is 0.0909. The molecule has 27 heavy (non-hydrogen) atoms. The van der Waals surface area contributed by atoms with Crippen LogP contribution >= 0.6 is 11.6 Å². The third-order valence-electron chi connectivity index (χ3n) is 4.49. The Labute approximate surface area is 162 Å². The number of carbonyl (C=O) groups is 1. The summed E-state index contributed by atoms with van der Waals surface area (Å²) in [7, 11) is 0. The van der Waals surface area contributed by atoms with Crippen LogP contribution in [-0.2, 0) is 6.42 Å². The van der Waals surface area contributed by atoms with E-state index in [-0.39, 0.29) is 5.91 Å². The Morgan fingerprint density at radius 2 is 2.00 bits per heavy atom. The van der Waals surface area contributed by atoms with Gasteiger partial charge in [0, 0.05) is 30.0 Å². The molecule has 0 aliphatic heterocycles. The van der Waals surface area contributed by atoms with E-state index in [1.54, 1.807) is 18.3 Å². The molecular weight excluding hydrogens is 358 g/mol. The summed E-state index contributed by atoms with van der Waals surface area (Å²) >= 11 is 6.24. The molecule has 0 spiro atoms. The maximum absolute atomic E-state index is 12.6. The van der Waals surface area contributed by atoms with Crippen molar-refractivity contribution >= 4 is 28.4 Å². The van der Waals surface area contributed by atoms with Crippen molar-refractivity contribution < 1.29 is 4.79 Å². The van der Waals surface area contributed by atoms with Gasteiger partial charge in [0.25, 0.3) is 5.91 Å². The average molecular weight is 376 g/mol. The monoisotopic (exact) mass is 375 g/mol. The number of carbonyl (C=O) groups excluding carboxylic acids is 1. The topological polar surface area (TPSA) is 57.8 Å². The van der Waals surface area contributed by atoms with Crippen LogP contribution in [0.4, 0.5) is 0 Å². The number of nitrogens with one attached hydrogen (secondary N) is 2. The minimum Gasteiger partial charge on any atom is -0.361 e. The molecule has 0 unspecified atom stereocenters. The van der Waals surface area contributed by atoms with Crippen LogP contribution < -0.4 is 5.32 Å². The lowest BCUT2D eigenvalue weighted by Crippen LogP contribution is -2.26. The maximum atomic E-state index is 12.6. The molecule has 134 valence electrons. The van der Waals surface area contributed by atoms with Crippen molar-refractivity contribution in [3.63, 3.8) is 0 Å². The Kier molecular flexibility index (Phi) is 4.90. The molecule has 0 fully saturated rings. The lowest BCUT2D eigenvalue weighted by molar-refractivity contribution is 0.0954. The molecule has 0 aliphatic rings. The van der Waals surface area contributed by atoms with Gasteiger partial charge < -0.3 is 10.3 Å². The van der Waals surface area contributed by atoms with E-state index in [0.717, 1.165) is 23.2 Å². The Bertz CT molecular complexity index is 1090. The zero-order chi connectivity index (χ0) is 18.6. The van der Waals surface area contributed by atoms with E-state index in [1.807, 2.05) is 36.5 Å². The first-order chi connectivity index (χ1) is 13.2. The molecule has 4 aromatic rings. The number of halogens is 1. The van der Waals surface area contributed by atoms with Gasteiger partial charge in [0.2, 0.25) is 0 Å². The fourth-order valence-corrected chi connectivity index (χ4v) is 3.27. The van der Waals surface area contributed by atoms with Crippen LogP contribution in [0.3, 0.4) is 0 Å². The number of benzene rings is 2. The second-order valence-corrected chi connectivity index (χ2v) is 6.72. The summed E-state index contributed by atoms with van der Waals surface area (Å²) in [5.74, 6) is -0.180. The summed E-state index contributed by atoms with van der Waals surface area (Å²) in [6.45, 7) is 0.541. The highest BCUT2D eigenvalue weighted by atomic mass is 35.5. The van der Waals surface area contributed by atoms with E-state index in [1.165, 1.54) is 10.9 Å². The molecule has 5 heteroatoms. The van der Waals surface area contributed by atoms with Crippen molar-refractivity contribution in [2.45, 2.75) is 6.42 Å². The maximum Gasteiger partial charge on any atom is 0.252 e. The lowest BCUT2D eigenvalue weighted by Gasteiger charge is -2.09. The van der Waals surface area contributed by atoms with Crippen LogP contribution in [0.25, 0.3) is 22.2 Å². The molecule has 1 amide bonds. The number of aromatic amines is 1. The van der Waals surface area contributed by atoms with Crippen LogP contribution in [-0.4, -0.2) is 22.4 Å². The second-order valence-electron chi connectivity index (χ2n) is 6.31. The highest BCUT2D eigenvalue weighted by molar-refractivity contribution is 6.34. The summed E-state index contributed by atoms with van der Waals surface area (Å²) in [5, 5.41) is 4.56. The van der Waals surface area contributed by atoms with Gasteiger partial charge >= 0.3 is 0 Å². The van der Waals surface area contributed by atoms with Gasteiger partial charge in [-0.05, 0) is 59.8 Å². The quantitative estimate of drug-likeness (QED) is 0.523. The smallest absolute Gasteiger partial charge is 0.252 e. The second kappa shape index (κ2) is 7.64. The molecule has 2 aromatic carbocycles. The summed E-state index contributed by atoms with van der Waals surface area (Å²) < 4.78 is 0. The molecule has 0 aliphatic carbocycles. The normalized spacial score (nSPS) is 10.9. The summed E-state index contributed by atoms with van der Waals surface area (Å²) in [6, 6.07) is 19.4. The van der Waals surface area contributed by atoms with E-state index >= 15 is 0 Å². The van der Waals surface area contributed by atoms with Crippen molar-refractivity contribution in [1.29, 1.82) is 0 Å². The summed E-state index contributed by atoms with van der Waals surface area (Å²) in [4.78, 5) is 20.1. The first-order valence-electron chi connectivity index (χ1n) is 8.76. The number of amides is 1. The molecule has 0 radical (unpaired) electrons. The number of nitrogens with zero attached hydrogens (tertiary/aromatic N) is 1. The number of hydrogen-bond acceptors (Lipinski definition) is 2. The highest BCUT2D eigenvalue weighted by Gasteiger charge is 2.12. The van der Waals surface area contributed by atoms with E-state index in [9.17, 15) is 4.79 Å². The minimum atomic E-state index is -0.180. The largest absolute Gasteiger partial charge is 0.361 e. The number of fused-ring (bicyclic) bond motifs is 1. The predicted molar refractivity (Wildman–Crippen MR) is 109 cm³/mol. The zero-order valence-corrected chi connectivity index (χ0v) is 15.3. The van der Waals surface area contributed by atoms with Crippen molar-refractivity contribution in [1.82, 2.24) is 15.3 Å². The SMILES string of the molecule is O=C(NCCc1ccc2[nH]ccc2c1)c1cc(-c2ccccn2)ccc1Cl. The van der Waals surface area contributed by atoms with Crippen molar-refractivity contribution in [2.24, 2.45) is 0 Å². The first-order valence-corrected chi connectivity index (χ1v) is 9.14. The fourth-order valence-electron chi connectivity index (χ4n) is 3.07. The molecule has 2 aromatic heterocycles. The molecule has 4 nitrogen and oxygen atoms in total. The van der Waals surface area contributed by atoms with Crippen molar-refractivity contribution in [2.75, 3.05) is 6.54 Å². The van der Waals surface area contributed by atoms with Gasteiger partial charge in [-0.3, -0.25) is 9.78 Å². The number of hydrogen-bond donors (Lipinski definition) is 2. The standard InChI is InChI=1S/C22H18ClN3O/c23-19-6-5-16(20-3-1-2-10-24-20)14-18(19)22(27)26-11-8-15-4-7-21-17(13-15)9-12-25-21/h1-7,9-10,12-14,25H,8,11H2,(H,26,27). The number of aromatic nitrogens is 2.